The molecular formula is C13H12F5NO2. The van der Waals surface area contributed by atoms with Crippen LogP contribution in [0.3, 0.4) is 0 Å². The van der Waals surface area contributed by atoms with Crippen molar-refractivity contribution in [2.75, 3.05) is 0 Å². The van der Waals surface area contributed by atoms with Crippen LogP contribution in [0.25, 0.3) is 0 Å². The summed E-state index contributed by atoms with van der Waals surface area (Å²) in [6.07, 6.45) is 0.481. The van der Waals surface area contributed by atoms with Crippen molar-refractivity contribution in [3.05, 3.63) is 34.6 Å². The number of benzene rings is 1. The zero-order valence-corrected chi connectivity index (χ0v) is 11.1. The molecule has 0 spiro atoms. The molecule has 1 amide bonds. The van der Waals surface area contributed by atoms with Gasteiger partial charge >= 0.3 is 0 Å². The number of amides is 1. The summed E-state index contributed by atoms with van der Waals surface area (Å²) in [5.74, 6) is -12.8. The number of nitrogens with one attached hydrogen (secondary N) is 1. The first kappa shape index (κ1) is 17.1. The maximum absolute atomic E-state index is 13.4. The molecule has 8 heteroatoms. The lowest BCUT2D eigenvalue weighted by molar-refractivity contribution is -0.109. The highest BCUT2D eigenvalue weighted by molar-refractivity contribution is 5.96. The van der Waals surface area contributed by atoms with E-state index in [0.717, 1.165) is 0 Å². The Bertz CT molecular complexity index is 545. The zero-order valence-electron chi connectivity index (χ0n) is 11.1. The van der Waals surface area contributed by atoms with Crippen molar-refractivity contribution in [2.24, 2.45) is 5.92 Å². The molecule has 0 saturated heterocycles. The maximum Gasteiger partial charge on any atom is 0.258 e. The predicted octanol–water partition coefficient (Wildman–Crippen LogP) is 2.73. The summed E-state index contributed by atoms with van der Waals surface area (Å²) in [4.78, 5) is 22.4. The van der Waals surface area contributed by atoms with Crippen molar-refractivity contribution in [2.45, 2.75) is 26.3 Å². The molecule has 116 valence electrons. The standard InChI is InChI=1S/C13H12F5NO2/c1-5(2)3-6(4-20)19-13(21)7-8(14)10(16)12(18)11(17)9(7)15/h4-6H,3H2,1-2H3,(H,19,21)/t6-/m0/s1. The van der Waals surface area contributed by atoms with E-state index in [0.29, 0.717) is 6.29 Å². The molecule has 0 fully saturated rings. The van der Waals surface area contributed by atoms with Crippen molar-refractivity contribution in [3.63, 3.8) is 0 Å². The van der Waals surface area contributed by atoms with Crippen LogP contribution in [0.1, 0.15) is 30.6 Å². The summed E-state index contributed by atoms with van der Waals surface area (Å²) in [6, 6.07) is -1.09. The first-order valence-electron chi connectivity index (χ1n) is 5.98. The number of hydrogen-bond acceptors (Lipinski definition) is 2. The van der Waals surface area contributed by atoms with Gasteiger partial charge in [-0.05, 0) is 12.3 Å². The number of aldehydes is 1. The van der Waals surface area contributed by atoms with Gasteiger partial charge in [0.2, 0.25) is 5.82 Å². The molecule has 0 aromatic heterocycles. The van der Waals surface area contributed by atoms with Gasteiger partial charge in [0.05, 0.1) is 6.04 Å². The van der Waals surface area contributed by atoms with Crippen LogP contribution in [0.4, 0.5) is 22.0 Å². The molecule has 0 unspecified atom stereocenters. The van der Waals surface area contributed by atoms with E-state index in [4.69, 9.17) is 0 Å². The van der Waals surface area contributed by atoms with Crippen molar-refractivity contribution in [1.29, 1.82) is 0 Å². The van der Waals surface area contributed by atoms with Crippen LogP contribution in [0.15, 0.2) is 0 Å². The molecule has 0 bridgehead atoms. The van der Waals surface area contributed by atoms with Gasteiger partial charge in [-0.2, -0.15) is 0 Å². The molecule has 0 heterocycles. The van der Waals surface area contributed by atoms with Crippen LogP contribution < -0.4 is 5.32 Å². The van der Waals surface area contributed by atoms with Crippen LogP contribution >= 0.6 is 0 Å². The van der Waals surface area contributed by atoms with Gasteiger partial charge in [0.15, 0.2) is 23.3 Å². The first-order chi connectivity index (χ1) is 9.70. The van der Waals surface area contributed by atoms with Crippen molar-refractivity contribution >= 4 is 12.2 Å². The second kappa shape index (κ2) is 6.64. The SMILES string of the molecule is CC(C)C[C@@H](C=O)NC(=O)c1c(F)c(F)c(F)c(F)c1F. The largest absolute Gasteiger partial charge is 0.342 e. The third kappa shape index (κ3) is 3.56. The summed E-state index contributed by atoms with van der Waals surface area (Å²) in [6.45, 7) is 3.45. The molecule has 0 saturated carbocycles. The van der Waals surface area contributed by atoms with Crippen molar-refractivity contribution < 1.29 is 31.5 Å². The number of halogens is 5. The van der Waals surface area contributed by atoms with Crippen molar-refractivity contribution in [1.82, 2.24) is 5.32 Å². The van der Waals surface area contributed by atoms with Gasteiger partial charge in [0.25, 0.3) is 5.91 Å². The molecule has 0 aliphatic heterocycles. The topological polar surface area (TPSA) is 46.2 Å². The molecule has 0 aliphatic rings. The Labute approximate surface area is 117 Å². The molecule has 3 nitrogen and oxygen atoms in total. The van der Waals surface area contributed by atoms with E-state index in [-0.39, 0.29) is 12.3 Å². The Morgan fingerprint density at radius 3 is 1.81 bits per heavy atom. The summed E-state index contributed by atoms with van der Waals surface area (Å²) < 4.78 is 65.6. The summed E-state index contributed by atoms with van der Waals surface area (Å²) in [5, 5.41) is 1.93. The van der Waals surface area contributed by atoms with Crippen LogP contribution in [0.5, 0.6) is 0 Å². The van der Waals surface area contributed by atoms with Gasteiger partial charge in [-0.1, -0.05) is 13.8 Å². The van der Waals surface area contributed by atoms with E-state index in [1.807, 2.05) is 5.32 Å². The normalized spacial score (nSPS) is 12.4. The highest BCUT2D eigenvalue weighted by Crippen LogP contribution is 2.23. The third-order valence-electron chi connectivity index (χ3n) is 2.64. The second-order valence-electron chi connectivity index (χ2n) is 4.79. The van der Waals surface area contributed by atoms with Gasteiger partial charge < -0.3 is 10.1 Å². The fraction of sp³-hybridized carbons (Fsp3) is 0.385. The summed E-state index contributed by atoms with van der Waals surface area (Å²) in [7, 11) is 0. The predicted molar refractivity (Wildman–Crippen MR) is 63.0 cm³/mol. The Morgan fingerprint density at radius 2 is 1.43 bits per heavy atom. The van der Waals surface area contributed by atoms with E-state index >= 15 is 0 Å². The van der Waals surface area contributed by atoms with E-state index in [1.165, 1.54) is 0 Å². The molecule has 1 aromatic carbocycles. The minimum absolute atomic E-state index is 0.0307. The Morgan fingerprint density at radius 1 is 1.00 bits per heavy atom. The van der Waals surface area contributed by atoms with Crippen molar-refractivity contribution in [3.8, 4) is 0 Å². The highest BCUT2D eigenvalue weighted by Gasteiger charge is 2.30. The Hall–Kier alpha value is -1.99. The molecular weight excluding hydrogens is 297 g/mol. The van der Waals surface area contributed by atoms with Crippen LogP contribution in [-0.4, -0.2) is 18.2 Å². The smallest absolute Gasteiger partial charge is 0.258 e. The van der Waals surface area contributed by atoms with E-state index in [1.54, 1.807) is 13.8 Å². The fourth-order valence-electron chi connectivity index (χ4n) is 1.70. The third-order valence-corrected chi connectivity index (χ3v) is 2.64. The molecule has 1 atom stereocenters. The average Bonchev–Trinajstić information content (AvgIpc) is 2.42. The van der Waals surface area contributed by atoms with Gasteiger partial charge in [0, 0.05) is 0 Å². The molecule has 21 heavy (non-hydrogen) atoms. The Kier molecular flexibility index (Phi) is 5.40. The Balaban J connectivity index is 3.16. The van der Waals surface area contributed by atoms with Gasteiger partial charge in [0.1, 0.15) is 11.8 Å². The number of carbonyl (C=O) groups excluding carboxylic acids is 2. The maximum atomic E-state index is 13.4. The minimum Gasteiger partial charge on any atom is -0.342 e. The summed E-state index contributed by atoms with van der Waals surface area (Å²) in [5.41, 5.74) is -1.61. The van der Waals surface area contributed by atoms with Gasteiger partial charge in [-0.15, -0.1) is 0 Å². The molecule has 1 rings (SSSR count). The molecule has 1 N–H and O–H groups in total. The van der Waals surface area contributed by atoms with Gasteiger partial charge in [-0.25, -0.2) is 22.0 Å². The minimum atomic E-state index is -2.35. The van der Waals surface area contributed by atoms with Gasteiger partial charge in [-0.3, -0.25) is 4.79 Å². The highest BCUT2D eigenvalue weighted by atomic mass is 19.2. The van der Waals surface area contributed by atoms with E-state index < -0.39 is 46.6 Å². The van der Waals surface area contributed by atoms with Crippen LogP contribution in [-0.2, 0) is 4.79 Å². The lowest BCUT2D eigenvalue weighted by Gasteiger charge is -2.15. The number of hydrogen-bond donors (Lipinski definition) is 1. The first-order valence-corrected chi connectivity index (χ1v) is 5.98. The monoisotopic (exact) mass is 309 g/mol. The molecule has 0 radical (unpaired) electrons. The lowest BCUT2D eigenvalue weighted by Crippen LogP contribution is -2.38. The van der Waals surface area contributed by atoms with E-state index in [9.17, 15) is 31.5 Å². The number of carbonyl (C=O) groups is 2. The summed E-state index contributed by atoms with van der Waals surface area (Å²) >= 11 is 0. The number of rotatable bonds is 5. The zero-order chi connectivity index (χ0) is 16.3. The quantitative estimate of drug-likeness (QED) is 0.393. The fourth-order valence-corrected chi connectivity index (χ4v) is 1.70. The van der Waals surface area contributed by atoms with E-state index in [2.05, 4.69) is 0 Å². The molecule has 0 aliphatic carbocycles. The second-order valence-corrected chi connectivity index (χ2v) is 4.79. The molecule has 1 aromatic rings. The van der Waals surface area contributed by atoms with Crippen LogP contribution in [0.2, 0.25) is 0 Å². The average molecular weight is 309 g/mol. The lowest BCUT2D eigenvalue weighted by atomic mass is 10.0. The van der Waals surface area contributed by atoms with Crippen LogP contribution in [0, 0.1) is 35.0 Å².